The SMILES string of the molecule is C=CC(=O)OCC(=O)OC1(C#N)CCC2CC1OC2=O. The van der Waals surface area contributed by atoms with E-state index in [0.717, 1.165) is 6.08 Å². The quantitative estimate of drug-likeness (QED) is 0.412. The van der Waals surface area contributed by atoms with E-state index in [4.69, 9.17) is 9.47 Å². The number of carbonyl (C=O) groups is 3. The lowest BCUT2D eigenvalue weighted by atomic mass is 9.79. The van der Waals surface area contributed by atoms with Gasteiger partial charge in [-0.15, -0.1) is 0 Å². The number of nitriles is 1. The van der Waals surface area contributed by atoms with Gasteiger partial charge < -0.3 is 14.2 Å². The van der Waals surface area contributed by atoms with Crippen LogP contribution >= 0.6 is 0 Å². The maximum absolute atomic E-state index is 11.6. The zero-order valence-corrected chi connectivity index (χ0v) is 10.7. The van der Waals surface area contributed by atoms with E-state index in [1.165, 1.54) is 0 Å². The molecule has 1 heterocycles. The molecule has 7 heteroatoms. The fraction of sp³-hybridized carbons (Fsp3) is 0.538. The summed E-state index contributed by atoms with van der Waals surface area (Å²) in [5.74, 6) is -2.20. The highest BCUT2D eigenvalue weighted by Crippen LogP contribution is 2.42. The molecule has 3 unspecified atom stereocenters. The molecule has 2 rings (SSSR count). The highest BCUT2D eigenvalue weighted by molar-refractivity contribution is 5.84. The number of esters is 3. The minimum Gasteiger partial charge on any atom is -0.457 e. The molecule has 2 fully saturated rings. The van der Waals surface area contributed by atoms with Crippen LogP contribution in [0.5, 0.6) is 0 Å². The molecule has 1 aliphatic carbocycles. The molecule has 0 spiro atoms. The molecule has 3 atom stereocenters. The van der Waals surface area contributed by atoms with E-state index in [9.17, 15) is 19.6 Å². The van der Waals surface area contributed by atoms with Crippen LogP contribution in [0.1, 0.15) is 19.3 Å². The minimum atomic E-state index is -1.49. The second kappa shape index (κ2) is 5.33. The Hall–Kier alpha value is -2.36. The van der Waals surface area contributed by atoms with E-state index in [1.807, 2.05) is 6.07 Å². The van der Waals surface area contributed by atoms with Crippen LogP contribution in [0.4, 0.5) is 0 Å². The summed E-state index contributed by atoms with van der Waals surface area (Å²) in [6, 6.07) is 1.92. The summed E-state index contributed by atoms with van der Waals surface area (Å²) in [4.78, 5) is 33.9. The molecule has 0 aromatic rings. The molecule has 1 saturated heterocycles. The number of carbonyl (C=O) groups excluding carboxylic acids is 3. The number of hydrogen-bond donors (Lipinski definition) is 0. The van der Waals surface area contributed by atoms with Crippen molar-refractivity contribution in [2.24, 2.45) is 5.92 Å². The first-order valence-corrected chi connectivity index (χ1v) is 6.13. The van der Waals surface area contributed by atoms with Gasteiger partial charge in [-0.2, -0.15) is 5.26 Å². The summed E-state index contributed by atoms with van der Waals surface area (Å²) in [5, 5.41) is 9.28. The lowest BCUT2D eigenvalue weighted by Crippen LogP contribution is -2.47. The number of ether oxygens (including phenoxy) is 3. The van der Waals surface area contributed by atoms with Crippen LogP contribution in [0.3, 0.4) is 0 Å². The van der Waals surface area contributed by atoms with E-state index in [2.05, 4.69) is 11.3 Å². The lowest BCUT2D eigenvalue weighted by molar-refractivity contribution is -0.176. The van der Waals surface area contributed by atoms with Crippen molar-refractivity contribution < 1.29 is 28.6 Å². The van der Waals surface area contributed by atoms with Crippen LogP contribution in [0.15, 0.2) is 12.7 Å². The molecule has 106 valence electrons. The van der Waals surface area contributed by atoms with Gasteiger partial charge in [-0.25, -0.2) is 9.59 Å². The van der Waals surface area contributed by atoms with Crippen molar-refractivity contribution in [3.8, 4) is 6.07 Å². The fourth-order valence-electron chi connectivity index (χ4n) is 2.40. The Morgan fingerprint density at radius 2 is 2.35 bits per heavy atom. The number of hydrogen-bond acceptors (Lipinski definition) is 7. The highest BCUT2D eigenvalue weighted by Gasteiger charge is 2.55. The van der Waals surface area contributed by atoms with Crippen LogP contribution in [0.2, 0.25) is 0 Å². The van der Waals surface area contributed by atoms with Gasteiger partial charge in [-0.05, 0) is 6.42 Å². The van der Waals surface area contributed by atoms with Crippen LogP contribution in [0, 0.1) is 17.2 Å². The third kappa shape index (κ3) is 2.50. The smallest absolute Gasteiger partial charge is 0.346 e. The van der Waals surface area contributed by atoms with Crippen LogP contribution in [-0.4, -0.2) is 36.2 Å². The molecule has 0 N–H and O–H groups in total. The first kappa shape index (κ1) is 14.1. The average molecular weight is 279 g/mol. The molecule has 2 bridgehead atoms. The summed E-state index contributed by atoms with van der Waals surface area (Å²) >= 11 is 0. The van der Waals surface area contributed by atoms with E-state index in [-0.39, 0.29) is 18.3 Å². The Morgan fingerprint density at radius 1 is 1.60 bits per heavy atom. The second-order valence-electron chi connectivity index (χ2n) is 4.68. The lowest BCUT2D eigenvalue weighted by Gasteiger charge is -2.33. The van der Waals surface area contributed by atoms with Gasteiger partial charge >= 0.3 is 17.9 Å². The fourth-order valence-corrected chi connectivity index (χ4v) is 2.40. The molecular weight excluding hydrogens is 266 g/mol. The molecule has 0 radical (unpaired) electrons. The maximum atomic E-state index is 11.6. The van der Waals surface area contributed by atoms with E-state index >= 15 is 0 Å². The van der Waals surface area contributed by atoms with Crippen LogP contribution in [0.25, 0.3) is 0 Å². The number of nitrogens with zero attached hydrogens (tertiary/aromatic N) is 1. The van der Waals surface area contributed by atoms with Gasteiger partial charge in [-0.3, -0.25) is 4.79 Å². The van der Waals surface area contributed by atoms with Crippen molar-refractivity contribution in [2.75, 3.05) is 6.61 Å². The Morgan fingerprint density at radius 3 is 3.00 bits per heavy atom. The van der Waals surface area contributed by atoms with Crippen molar-refractivity contribution >= 4 is 17.9 Å². The van der Waals surface area contributed by atoms with E-state index in [1.54, 1.807) is 0 Å². The zero-order chi connectivity index (χ0) is 14.8. The second-order valence-corrected chi connectivity index (χ2v) is 4.68. The summed E-state index contributed by atoms with van der Waals surface area (Å²) in [7, 11) is 0. The maximum Gasteiger partial charge on any atom is 0.346 e. The Bertz CT molecular complexity index is 507. The first-order chi connectivity index (χ1) is 9.50. The van der Waals surface area contributed by atoms with Gasteiger partial charge in [0, 0.05) is 18.9 Å². The Kier molecular flexibility index (Phi) is 3.74. The molecule has 0 amide bonds. The van der Waals surface area contributed by atoms with Gasteiger partial charge in [0.25, 0.3) is 0 Å². The number of fused-ring (bicyclic) bond motifs is 2. The standard InChI is InChI=1S/C13H13NO6/c1-2-10(15)18-6-11(16)20-13(7-14)4-3-8-5-9(13)19-12(8)17/h2,8-9H,1,3-6H2. The van der Waals surface area contributed by atoms with Gasteiger partial charge in [0.15, 0.2) is 12.7 Å². The van der Waals surface area contributed by atoms with E-state index < -0.39 is 30.3 Å². The third-order valence-corrected chi connectivity index (χ3v) is 3.46. The number of rotatable bonds is 4. The predicted molar refractivity (Wildman–Crippen MR) is 62.8 cm³/mol. The Labute approximate surface area is 115 Å². The van der Waals surface area contributed by atoms with Crippen molar-refractivity contribution in [3.63, 3.8) is 0 Å². The van der Waals surface area contributed by atoms with Gasteiger partial charge in [-0.1, -0.05) is 6.58 Å². The van der Waals surface area contributed by atoms with Crippen molar-refractivity contribution in [1.29, 1.82) is 5.26 Å². The molecular formula is C13H13NO6. The monoisotopic (exact) mass is 279 g/mol. The molecule has 20 heavy (non-hydrogen) atoms. The summed E-state index contributed by atoms with van der Waals surface area (Å²) < 4.78 is 14.7. The molecule has 0 aromatic heterocycles. The average Bonchev–Trinajstić information content (AvgIpc) is 2.77. The zero-order valence-electron chi connectivity index (χ0n) is 10.7. The van der Waals surface area contributed by atoms with Crippen LogP contribution in [-0.2, 0) is 28.6 Å². The van der Waals surface area contributed by atoms with Crippen LogP contribution < -0.4 is 0 Å². The van der Waals surface area contributed by atoms with Gasteiger partial charge in [0.1, 0.15) is 6.07 Å². The summed E-state index contributed by atoms with van der Waals surface area (Å²) in [6.07, 6.45) is 1.19. The minimum absolute atomic E-state index is 0.223. The molecule has 2 aliphatic rings. The molecule has 1 aliphatic heterocycles. The first-order valence-electron chi connectivity index (χ1n) is 6.13. The highest BCUT2D eigenvalue weighted by atomic mass is 16.6. The topological polar surface area (TPSA) is 103 Å². The van der Waals surface area contributed by atoms with Crippen molar-refractivity contribution in [3.05, 3.63) is 12.7 Å². The molecule has 1 saturated carbocycles. The predicted octanol–water partition coefficient (Wildman–Crippen LogP) is 0.247. The Balaban J connectivity index is 2.00. The normalized spacial score (nSPS) is 30.9. The largest absolute Gasteiger partial charge is 0.457 e. The molecule has 0 aromatic carbocycles. The van der Waals surface area contributed by atoms with Gasteiger partial charge in [0.2, 0.25) is 5.60 Å². The van der Waals surface area contributed by atoms with E-state index in [0.29, 0.717) is 12.8 Å². The van der Waals surface area contributed by atoms with Crippen molar-refractivity contribution in [1.82, 2.24) is 0 Å². The molecule has 7 nitrogen and oxygen atoms in total. The van der Waals surface area contributed by atoms with Crippen molar-refractivity contribution in [2.45, 2.75) is 31.0 Å². The summed E-state index contributed by atoms with van der Waals surface area (Å²) in [6.45, 7) is 2.57. The third-order valence-electron chi connectivity index (χ3n) is 3.46. The summed E-state index contributed by atoms with van der Waals surface area (Å²) in [5.41, 5.74) is -1.49. The van der Waals surface area contributed by atoms with Gasteiger partial charge in [0.05, 0.1) is 5.92 Å².